The predicted octanol–water partition coefficient (Wildman–Crippen LogP) is 5.05. The van der Waals surface area contributed by atoms with Gasteiger partial charge in [-0.15, -0.1) is 0 Å². The van der Waals surface area contributed by atoms with E-state index in [0.29, 0.717) is 6.04 Å². The summed E-state index contributed by atoms with van der Waals surface area (Å²) in [5, 5.41) is 12.0. The third kappa shape index (κ3) is 4.09. The van der Waals surface area contributed by atoms with Crippen LogP contribution in [0.3, 0.4) is 0 Å². The lowest BCUT2D eigenvalue weighted by molar-refractivity contribution is -0.384. The highest BCUT2D eigenvalue weighted by atomic mass is 32.2. The van der Waals surface area contributed by atoms with Crippen LogP contribution in [0.4, 0.5) is 11.4 Å². The first-order chi connectivity index (χ1) is 11.6. The second-order valence-corrected chi connectivity index (χ2v) is 7.73. The molecule has 0 radical (unpaired) electrons. The Balaban J connectivity index is 1.79. The summed E-state index contributed by atoms with van der Waals surface area (Å²) in [6.07, 6.45) is 9.24. The number of thioether (sulfide) groups is 1. The number of nitro groups is 1. The molecular weight excluding hydrogens is 322 g/mol. The molecule has 5 nitrogen and oxygen atoms in total. The number of nitrogens with zero attached hydrogens (tertiary/aromatic N) is 3. The molecule has 3 rings (SSSR count). The van der Waals surface area contributed by atoms with Gasteiger partial charge in [0.15, 0.2) is 5.17 Å². The molecule has 1 heterocycles. The number of rotatable bonds is 3. The van der Waals surface area contributed by atoms with Crippen molar-refractivity contribution in [3.63, 3.8) is 0 Å². The average Bonchev–Trinajstić information content (AvgIpc) is 2.97. The number of benzene rings is 1. The van der Waals surface area contributed by atoms with Gasteiger partial charge in [-0.2, -0.15) is 0 Å². The van der Waals surface area contributed by atoms with E-state index in [1.807, 2.05) is 18.7 Å². The molecule has 0 amide bonds. The fourth-order valence-electron chi connectivity index (χ4n) is 3.58. The van der Waals surface area contributed by atoms with Crippen LogP contribution in [0.1, 0.15) is 50.5 Å². The smallest absolute Gasteiger partial charge is 0.269 e. The highest BCUT2D eigenvalue weighted by Gasteiger charge is 2.27. The van der Waals surface area contributed by atoms with E-state index in [0.717, 1.165) is 28.7 Å². The Kier molecular flexibility index (Phi) is 5.76. The van der Waals surface area contributed by atoms with E-state index in [4.69, 9.17) is 4.99 Å². The quantitative estimate of drug-likeness (QED) is 0.567. The van der Waals surface area contributed by atoms with E-state index in [1.165, 1.54) is 44.9 Å². The van der Waals surface area contributed by atoms with Crippen molar-refractivity contribution in [2.45, 2.75) is 57.9 Å². The summed E-state index contributed by atoms with van der Waals surface area (Å²) in [6, 6.07) is 5.54. The molecule has 0 unspecified atom stereocenters. The molecule has 6 heteroatoms. The van der Waals surface area contributed by atoms with Crippen molar-refractivity contribution in [2.75, 3.05) is 12.3 Å². The Morgan fingerprint density at radius 1 is 1.21 bits per heavy atom. The topological polar surface area (TPSA) is 58.7 Å². The van der Waals surface area contributed by atoms with Crippen molar-refractivity contribution >= 4 is 28.3 Å². The summed E-state index contributed by atoms with van der Waals surface area (Å²) in [5.74, 6) is 1.08. The molecule has 2 aliphatic rings. The Bertz CT molecular complexity index is 625. The van der Waals surface area contributed by atoms with Crippen LogP contribution in [0.2, 0.25) is 0 Å². The van der Waals surface area contributed by atoms with Gasteiger partial charge in [0.2, 0.25) is 0 Å². The van der Waals surface area contributed by atoms with Crippen LogP contribution in [0.5, 0.6) is 0 Å². The number of hydrogen-bond acceptors (Lipinski definition) is 4. The van der Waals surface area contributed by atoms with Gasteiger partial charge in [0.1, 0.15) is 0 Å². The highest BCUT2D eigenvalue weighted by Crippen LogP contribution is 2.31. The molecular formula is C18H25N3O2S. The molecule has 1 saturated carbocycles. The standard InChI is InChI=1S/C18H25N3O2S/c1-14-13-16(21(22)23)9-10-17(14)19-18-20(11-12-24-18)15-7-5-3-2-4-6-8-15/h9-10,13,15H,2-8,11-12H2,1H3. The van der Waals surface area contributed by atoms with Crippen molar-refractivity contribution in [3.8, 4) is 0 Å². The summed E-state index contributed by atoms with van der Waals surface area (Å²) in [4.78, 5) is 17.9. The third-order valence-electron chi connectivity index (χ3n) is 4.93. The lowest BCUT2D eigenvalue weighted by Gasteiger charge is -2.30. The van der Waals surface area contributed by atoms with Gasteiger partial charge >= 0.3 is 0 Å². The van der Waals surface area contributed by atoms with Crippen molar-refractivity contribution < 1.29 is 4.92 Å². The van der Waals surface area contributed by atoms with Crippen molar-refractivity contribution in [1.29, 1.82) is 0 Å². The Morgan fingerprint density at radius 3 is 2.58 bits per heavy atom. The van der Waals surface area contributed by atoms with Gasteiger partial charge < -0.3 is 4.90 Å². The van der Waals surface area contributed by atoms with Crippen molar-refractivity contribution in [2.24, 2.45) is 4.99 Å². The maximum atomic E-state index is 10.9. The zero-order valence-electron chi connectivity index (χ0n) is 14.2. The van der Waals surface area contributed by atoms with Crippen LogP contribution in [0, 0.1) is 17.0 Å². The minimum atomic E-state index is -0.352. The molecule has 0 atom stereocenters. The molecule has 0 N–H and O–H groups in total. The lowest BCUT2D eigenvalue weighted by atomic mass is 9.96. The van der Waals surface area contributed by atoms with Crippen LogP contribution in [-0.4, -0.2) is 33.3 Å². The number of nitro benzene ring substituents is 1. The third-order valence-corrected chi connectivity index (χ3v) is 5.90. The Morgan fingerprint density at radius 2 is 1.92 bits per heavy atom. The molecule has 0 bridgehead atoms. The van der Waals surface area contributed by atoms with Gasteiger partial charge in [-0.3, -0.25) is 10.1 Å². The molecule has 0 aromatic heterocycles. The molecule has 24 heavy (non-hydrogen) atoms. The molecule has 1 aliphatic carbocycles. The number of non-ortho nitro benzene ring substituents is 1. The fraction of sp³-hybridized carbons (Fsp3) is 0.611. The molecule has 1 aromatic rings. The van der Waals surface area contributed by atoms with Crippen LogP contribution in [-0.2, 0) is 0 Å². The zero-order chi connectivity index (χ0) is 16.9. The largest absolute Gasteiger partial charge is 0.347 e. The van der Waals surface area contributed by atoms with E-state index in [1.54, 1.807) is 18.2 Å². The Hall–Kier alpha value is -1.56. The maximum Gasteiger partial charge on any atom is 0.269 e. The van der Waals surface area contributed by atoms with Crippen LogP contribution in [0.15, 0.2) is 23.2 Å². The van der Waals surface area contributed by atoms with Gasteiger partial charge in [-0.05, 0) is 31.4 Å². The van der Waals surface area contributed by atoms with Crippen LogP contribution >= 0.6 is 11.8 Å². The normalized spacial score (nSPS) is 21.7. The first kappa shape index (κ1) is 17.3. The monoisotopic (exact) mass is 347 g/mol. The van der Waals surface area contributed by atoms with Crippen LogP contribution in [0.25, 0.3) is 0 Å². The van der Waals surface area contributed by atoms with Gasteiger partial charge in [0.05, 0.1) is 10.6 Å². The first-order valence-corrected chi connectivity index (χ1v) is 9.87. The van der Waals surface area contributed by atoms with Crippen LogP contribution < -0.4 is 0 Å². The zero-order valence-corrected chi connectivity index (χ0v) is 15.1. The summed E-state index contributed by atoms with van der Waals surface area (Å²) < 4.78 is 0. The number of amidine groups is 1. The molecule has 0 spiro atoms. The number of aliphatic imine (C=N–C) groups is 1. The molecule has 1 aromatic carbocycles. The van der Waals surface area contributed by atoms with E-state index in [-0.39, 0.29) is 10.6 Å². The van der Waals surface area contributed by atoms with E-state index < -0.39 is 0 Å². The van der Waals surface area contributed by atoms with E-state index >= 15 is 0 Å². The highest BCUT2D eigenvalue weighted by molar-refractivity contribution is 8.14. The van der Waals surface area contributed by atoms with Gasteiger partial charge in [-0.1, -0.05) is 43.9 Å². The first-order valence-electron chi connectivity index (χ1n) is 8.88. The summed E-state index contributed by atoms with van der Waals surface area (Å²) >= 11 is 1.81. The fourth-order valence-corrected chi connectivity index (χ4v) is 4.62. The molecule has 1 aliphatic heterocycles. The second-order valence-electron chi connectivity index (χ2n) is 6.66. The summed E-state index contributed by atoms with van der Waals surface area (Å²) in [5.41, 5.74) is 1.84. The van der Waals surface area contributed by atoms with Crippen molar-refractivity contribution in [3.05, 3.63) is 33.9 Å². The van der Waals surface area contributed by atoms with E-state index in [9.17, 15) is 10.1 Å². The number of aryl methyl sites for hydroxylation is 1. The second kappa shape index (κ2) is 8.01. The molecule has 1 saturated heterocycles. The Labute approximate surface area is 147 Å². The average molecular weight is 347 g/mol. The minimum Gasteiger partial charge on any atom is -0.347 e. The summed E-state index contributed by atoms with van der Waals surface area (Å²) in [6.45, 7) is 2.96. The maximum absolute atomic E-state index is 10.9. The van der Waals surface area contributed by atoms with Gasteiger partial charge in [0.25, 0.3) is 5.69 Å². The molecule has 130 valence electrons. The van der Waals surface area contributed by atoms with Gasteiger partial charge in [0, 0.05) is 30.5 Å². The number of hydrogen-bond donors (Lipinski definition) is 0. The van der Waals surface area contributed by atoms with Crippen molar-refractivity contribution in [1.82, 2.24) is 4.90 Å². The van der Waals surface area contributed by atoms with E-state index in [2.05, 4.69) is 4.90 Å². The molecule has 2 fully saturated rings. The SMILES string of the molecule is Cc1cc([N+](=O)[O-])ccc1N=C1SCCN1C1CCCCCCC1. The minimum absolute atomic E-state index is 0.132. The summed E-state index contributed by atoms with van der Waals surface area (Å²) in [7, 11) is 0. The predicted molar refractivity (Wildman–Crippen MR) is 100 cm³/mol. The lowest BCUT2D eigenvalue weighted by Crippen LogP contribution is -2.36. The van der Waals surface area contributed by atoms with Gasteiger partial charge in [-0.25, -0.2) is 4.99 Å².